The molecule has 9 nitrogen and oxygen atoms in total. The Morgan fingerprint density at radius 2 is 2.20 bits per heavy atom. The predicted molar refractivity (Wildman–Crippen MR) is 118 cm³/mol. The van der Waals surface area contributed by atoms with Crippen molar-refractivity contribution >= 4 is 35.4 Å². The van der Waals surface area contributed by atoms with Crippen molar-refractivity contribution in [2.24, 2.45) is 10.7 Å². The molecule has 0 aliphatic carbocycles. The molecular weight excluding hydrogens is 408 g/mol. The first-order chi connectivity index (χ1) is 14.2. The fourth-order valence-corrected chi connectivity index (χ4v) is 2.17. The zero-order chi connectivity index (χ0) is 22.1. The highest BCUT2D eigenvalue weighted by Crippen LogP contribution is 2.29. The Bertz CT molecular complexity index is 969. The molecular formula is C20H23ClN6O3. The maximum atomic E-state index is 11.5. The highest BCUT2D eigenvalue weighted by molar-refractivity contribution is 6.31. The van der Waals surface area contributed by atoms with E-state index >= 15 is 0 Å². The molecule has 10 heteroatoms. The maximum Gasteiger partial charge on any atom is 0.247 e. The first-order valence-electron chi connectivity index (χ1n) is 8.85. The molecule has 0 spiro atoms. The van der Waals surface area contributed by atoms with Gasteiger partial charge in [0.05, 0.1) is 24.0 Å². The van der Waals surface area contributed by atoms with Crippen molar-refractivity contribution in [1.82, 2.24) is 9.97 Å². The topological polar surface area (TPSA) is 135 Å². The SMILES string of the molecule is C=CC(=O)Nc1cccc(Oc2nc(NC(C=NCC(C)(C)O)=CN)ncc2Cl)c1. The third-order valence-electron chi connectivity index (χ3n) is 3.36. The number of carbonyl (C=O) groups is 1. The monoisotopic (exact) mass is 430 g/mol. The molecule has 0 aliphatic heterocycles. The fraction of sp³-hybridized carbons (Fsp3) is 0.200. The van der Waals surface area contributed by atoms with Crippen LogP contribution in [0.3, 0.4) is 0 Å². The van der Waals surface area contributed by atoms with Gasteiger partial charge in [0.25, 0.3) is 0 Å². The number of aliphatic hydroxyl groups is 1. The Kier molecular flexibility index (Phi) is 7.90. The Balaban J connectivity index is 2.14. The molecule has 0 aliphatic rings. The van der Waals surface area contributed by atoms with Gasteiger partial charge in [-0.2, -0.15) is 4.98 Å². The average molecular weight is 431 g/mol. The van der Waals surface area contributed by atoms with Gasteiger partial charge in [0.15, 0.2) is 0 Å². The number of amides is 1. The number of hydrogen-bond acceptors (Lipinski definition) is 8. The van der Waals surface area contributed by atoms with Crippen LogP contribution in [0.25, 0.3) is 0 Å². The number of aliphatic imine (C=N–C) groups is 1. The van der Waals surface area contributed by atoms with Crippen molar-refractivity contribution in [3.63, 3.8) is 0 Å². The van der Waals surface area contributed by atoms with E-state index in [0.717, 1.165) is 0 Å². The Labute approximate surface area is 179 Å². The first kappa shape index (κ1) is 22.9. The van der Waals surface area contributed by atoms with E-state index in [1.807, 2.05) is 0 Å². The van der Waals surface area contributed by atoms with Crippen molar-refractivity contribution in [2.75, 3.05) is 17.2 Å². The first-order valence-corrected chi connectivity index (χ1v) is 9.23. The molecule has 0 atom stereocenters. The van der Waals surface area contributed by atoms with E-state index in [-0.39, 0.29) is 29.3 Å². The van der Waals surface area contributed by atoms with Crippen molar-refractivity contribution in [1.29, 1.82) is 0 Å². The van der Waals surface area contributed by atoms with Crippen LogP contribution in [0.15, 0.2) is 60.0 Å². The lowest BCUT2D eigenvalue weighted by atomic mass is 10.1. The van der Waals surface area contributed by atoms with Gasteiger partial charge in [-0.25, -0.2) is 4.98 Å². The summed E-state index contributed by atoms with van der Waals surface area (Å²) in [6.45, 7) is 6.90. The summed E-state index contributed by atoms with van der Waals surface area (Å²) in [5, 5.41) is 15.4. The summed E-state index contributed by atoms with van der Waals surface area (Å²) < 4.78 is 5.73. The van der Waals surface area contributed by atoms with Gasteiger partial charge in [-0.15, -0.1) is 0 Å². The van der Waals surface area contributed by atoms with Gasteiger partial charge < -0.3 is 26.2 Å². The van der Waals surface area contributed by atoms with Crippen LogP contribution in [-0.4, -0.2) is 39.3 Å². The van der Waals surface area contributed by atoms with Crippen LogP contribution in [0, 0.1) is 0 Å². The van der Waals surface area contributed by atoms with Crippen molar-refractivity contribution in [2.45, 2.75) is 19.4 Å². The number of aromatic nitrogens is 2. The van der Waals surface area contributed by atoms with Crippen LogP contribution in [0.4, 0.5) is 11.6 Å². The number of carbonyl (C=O) groups excluding carboxylic acids is 1. The van der Waals surface area contributed by atoms with Crippen molar-refractivity contribution < 1.29 is 14.6 Å². The van der Waals surface area contributed by atoms with E-state index in [9.17, 15) is 9.90 Å². The molecule has 1 heterocycles. The zero-order valence-electron chi connectivity index (χ0n) is 16.6. The summed E-state index contributed by atoms with van der Waals surface area (Å²) in [6, 6.07) is 6.70. The van der Waals surface area contributed by atoms with Gasteiger partial charge in [-0.3, -0.25) is 9.79 Å². The Morgan fingerprint density at radius 3 is 2.87 bits per heavy atom. The van der Waals surface area contributed by atoms with Crippen LogP contribution in [-0.2, 0) is 4.79 Å². The molecule has 1 amide bonds. The second kappa shape index (κ2) is 10.4. The lowest BCUT2D eigenvalue weighted by Gasteiger charge is -2.13. The normalized spacial score (nSPS) is 11.9. The van der Waals surface area contributed by atoms with Gasteiger partial charge >= 0.3 is 0 Å². The van der Waals surface area contributed by atoms with Crippen LogP contribution >= 0.6 is 11.6 Å². The van der Waals surface area contributed by atoms with Gasteiger partial charge in [0.1, 0.15) is 10.8 Å². The number of halogens is 1. The smallest absolute Gasteiger partial charge is 0.247 e. The third kappa shape index (κ3) is 7.53. The van der Waals surface area contributed by atoms with Gasteiger partial charge in [0.2, 0.25) is 17.7 Å². The van der Waals surface area contributed by atoms with Crippen molar-refractivity contribution in [3.8, 4) is 11.6 Å². The zero-order valence-corrected chi connectivity index (χ0v) is 17.3. The minimum absolute atomic E-state index is 0.103. The number of nitrogens with two attached hydrogens (primary N) is 1. The fourth-order valence-electron chi connectivity index (χ4n) is 2.04. The summed E-state index contributed by atoms with van der Waals surface area (Å²) >= 11 is 6.14. The second-order valence-electron chi connectivity index (χ2n) is 6.70. The largest absolute Gasteiger partial charge is 0.437 e. The molecule has 0 bridgehead atoms. The highest BCUT2D eigenvalue weighted by atomic mass is 35.5. The predicted octanol–water partition coefficient (Wildman–Crippen LogP) is 3.10. The number of ether oxygens (including phenoxy) is 1. The van der Waals surface area contributed by atoms with E-state index in [0.29, 0.717) is 17.1 Å². The van der Waals surface area contributed by atoms with E-state index < -0.39 is 5.60 Å². The van der Waals surface area contributed by atoms with Crippen LogP contribution in [0.1, 0.15) is 13.8 Å². The summed E-state index contributed by atoms with van der Waals surface area (Å²) in [7, 11) is 0. The van der Waals surface area contributed by atoms with Gasteiger partial charge in [-0.1, -0.05) is 24.2 Å². The number of hydrogen-bond donors (Lipinski definition) is 4. The number of allylic oxidation sites excluding steroid dienone is 1. The molecule has 0 unspecified atom stereocenters. The molecule has 1 aromatic heterocycles. The lowest BCUT2D eigenvalue weighted by molar-refractivity contribution is -0.111. The number of rotatable bonds is 9. The molecule has 2 rings (SSSR count). The standard InChI is InChI=1S/C20H23ClN6O3/c1-4-17(28)25-13-6-5-7-15(8-13)30-18-16(21)11-24-19(27-18)26-14(9-22)10-23-12-20(2,3)29/h4-11,29H,1,12,22H2,2-3H3,(H,25,28)(H,24,26,27). The van der Waals surface area contributed by atoms with Gasteiger partial charge in [-0.05, 0) is 32.1 Å². The molecule has 30 heavy (non-hydrogen) atoms. The van der Waals surface area contributed by atoms with Crippen LogP contribution in [0.2, 0.25) is 5.02 Å². The minimum atomic E-state index is -0.937. The van der Waals surface area contributed by atoms with E-state index in [1.165, 1.54) is 24.7 Å². The molecule has 0 saturated heterocycles. The Hall–Kier alpha value is -3.43. The molecule has 1 aromatic carbocycles. The summed E-state index contributed by atoms with van der Waals surface area (Å²) in [4.78, 5) is 23.9. The molecule has 0 saturated carbocycles. The molecule has 0 fully saturated rings. The summed E-state index contributed by atoms with van der Waals surface area (Å²) in [5.74, 6) is 0.346. The van der Waals surface area contributed by atoms with Crippen LogP contribution in [0.5, 0.6) is 11.6 Å². The van der Waals surface area contributed by atoms with E-state index in [2.05, 4.69) is 32.2 Å². The third-order valence-corrected chi connectivity index (χ3v) is 3.62. The quantitative estimate of drug-likeness (QED) is 0.354. The second-order valence-corrected chi connectivity index (χ2v) is 7.11. The van der Waals surface area contributed by atoms with Crippen molar-refractivity contribution in [3.05, 3.63) is 60.0 Å². The Morgan fingerprint density at radius 1 is 1.43 bits per heavy atom. The van der Waals surface area contributed by atoms with Crippen LogP contribution < -0.4 is 21.1 Å². The highest BCUT2D eigenvalue weighted by Gasteiger charge is 2.11. The average Bonchev–Trinajstić information content (AvgIpc) is 2.69. The summed E-state index contributed by atoms with van der Waals surface area (Å²) in [6.07, 6.45) is 5.29. The minimum Gasteiger partial charge on any atom is -0.437 e. The lowest BCUT2D eigenvalue weighted by Crippen LogP contribution is -2.22. The number of anilines is 2. The number of nitrogens with zero attached hydrogens (tertiary/aromatic N) is 3. The van der Waals surface area contributed by atoms with E-state index in [4.69, 9.17) is 22.1 Å². The van der Waals surface area contributed by atoms with Gasteiger partial charge in [0, 0.05) is 24.2 Å². The number of benzene rings is 1. The maximum absolute atomic E-state index is 11.5. The van der Waals surface area contributed by atoms with E-state index in [1.54, 1.807) is 38.1 Å². The number of nitrogens with one attached hydrogen (secondary N) is 2. The molecule has 2 aromatic rings. The molecule has 158 valence electrons. The summed E-state index contributed by atoms with van der Waals surface area (Å²) in [5.41, 5.74) is 5.60. The molecule has 0 radical (unpaired) electrons. The molecule has 5 N–H and O–H groups in total.